The first kappa shape index (κ1) is 22.8. The zero-order valence-electron chi connectivity index (χ0n) is 12.8. The van der Waals surface area contributed by atoms with E-state index < -0.39 is 0 Å². The minimum absolute atomic E-state index is 0. The Morgan fingerprint density at radius 3 is 1.79 bits per heavy atom. The average Bonchev–Trinajstić information content (AvgIpc) is 2.87. The van der Waals surface area contributed by atoms with Crippen LogP contribution in [0, 0.1) is 6.92 Å². The van der Waals surface area contributed by atoms with E-state index in [9.17, 15) is 0 Å². The van der Waals surface area contributed by atoms with E-state index in [-0.39, 0.29) is 37.2 Å². The molecular weight excluding hydrogens is 389 g/mol. The Labute approximate surface area is 163 Å². The summed E-state index contributed by atoms with van der Waals surface area (Å²) < 4.78 is 0. The van der Waals surface area contributed by atoms with Crippen LogP contribution in [0.15, 0.2) is 49.1 Å². The molecule has 0 amide bonds. The standard InChI is InChI=1S/C16H15N3OS.3ClH/c1-11-14(10-19-20)16(13-4-8-18-9-5-13)21-15(11)12-2-6-17-7-3-12;;;/h2-9,19-20H,10H2,1H3;3*1H. The first-order valence-electron chi connectivity index (χ1n) is 6.61. The van der Waals surface area contributed by atoms with Crippen LogP contribution in [0.1, 0.15) is 11.1 Å². The van der Waals surface area contributed by atoms with Gasteiger partial charge >= 0.3 is 0 Å². The monoisotopic (exact) mass is 405 g/mol. The average molecular weight is 407 g/mol. The van der Waals surface area contributed by atoms with Crippen molar-refractivity contribution >= 4 is 48.6 Å². The molecule has 0 radical (unpaired) electrons. The van der Waals surface area contributed by atoms with E-state index in [0.29, 0.717) is 6.54 Å². The largest absolute Gasteiger partial charge is 0.316 e. The lowest BCUT2D eigenvalue weighted by molar-refractivity contribution is 0.161. The predicted molar refractivity (Wildman–Crippen MR) is 106 cm³/mol. The summed E-state index contributed by atoms with van der Waals surface area (Å²) in [5.74, 6) is 0. The van der Waals surface area contributed by atoms with Crippen LogP contribution in [0.5, 0.6) is 0 Å². The van der Waals surface area contributed by atoms with Crippen molar-refractivity contribution in [1.29, 1.82) is 0 Å². The van der Waals surface area contributed by atoms with Crippen LogP contribution in [0.25, 0.3) is 20.9 Å². The number of rotatable bonds is 4. The molecule has 0 aromatic carbocycles. The minimum atomic E-state index is 0. The van der Waals surface area contributed by atoms with Gasteiger partial charge < -0.3 is 5.21 Å². The summed E-state index contributed by atoms with van der Waals surface area (Å²) in [6.07, 6.45) is 7.16. The Morgan fingerprint density at radius 2 is 1.33 bits per heavy atom. The van der Waals surface area contributed by atoms with E-state index >= 15 is 0 Å². The number of aromatic nitrogens is 2. The van der Waals surface area contributed by atoms with Gasteiger partial charge in [-0.2, -0.15) is 0 Å². The summed E-state index contributed by atoms with van der Waals surface area (Å²) in [7, 11) is 0. The number of hydroxylamine groups is 1. The maximum atomic E-state index is 9.13. The van der Waals surface area contributed by atoms with Crippen molar-refractivity contribution in [3.8, 4) is 20.9 Å². The zero-order chi connectivity index (χ0) is 14.7. The van der Waals surface area contributed by atoms with Gasteiger partial charge in [0, 0.05) is 41.1 Å². The van der Waals surface area contributed by atoms with Gasteiger partial charge in [0.2, 0.25) is 0 Å². The third-order valence-electron chi connectivity index (χ3n) is 3.41. The third kappa shape index (κ3) is 4.66. The highest BCUT2D eigenvalue weighted by atomic mass is 35.5. The lowest BCUT2D eigenvalue weighted by Gasteiger charge is -2.04. The third-order valence-corrected chi connectivity index (χ3v) is 4.84. The van der Waals surface area contributed by atoms with Crippen molar-refractivity contribution in [2.24, 2.45) is 0 Å². The molecule has 130 valence electrons. The molecule has 0 fully saturated rings. The van der Waals surface area contributed by atoms with Crippen molar-refractivity contribution < 1.29 is 5.21 Å². The number of hydrogen-bond acceptors (Lipinski definition) is 5. The van der Waals surface area contributed by atoms with Crippen LogP contribution >= 0.6 is 48.6 Å². The second-order valence-corrected chi connectivity index (χ2v) is 5.69. The summed E-state index contributed by atoms with van der Waals surface area (Å²) in [5.41, 5.74) is 6.83. The van der Waals surface area contributed by atoms with Crippen molar-refractivity contribution in [2.75, 3.05) is 0 Å². The fourth-order valence-corrected chi connectivity index (χ4v) is 3.69. The molecule has 0 aliphatic heterocycles. The van der Waals surface area contributed by atoms with Crippen LogP contribution in [0.3, 0.4) is 0 Å². The smallest absolute Gasteiger partial charge is 0.0475 e. The van der Waals surface area contributed by atoms with E-state index in [4.69, 9.17) is 5.21 Å². The second-order valence-electron chi connectivity index (χ2n) is 4.67. The maximum absolute atomic E-state index is 9.13. The van der Waals surface area contributed by atoms with E-state index in [0.717, 1.165) is 21.6 Å². The van der Waals surface area contributed by atoms with Crippen molar-refractivity contribution in [3.63, 3.8) is 0 Å². The van der Waals surface area contributed by atoms with Crippen molar-refractivity contribution in [1.82, 2.24) is 15.4 Å². The van der Waals surface area contributed by atoms with Gasteiger partial charge in [0.1, 0.15) is 0 Å². The van der Waals surface area contributed by atoms with Crippen molar-refractivity contribution in [3.05, 3.63) is 60.2 Å². The number of pyridine rings is 2. The van der Waals surface area contributed by atoms with Crippen LogP contribution in [-0.2, 0) is 6.54 Å². The molecule has 0 bridgehead atoms. The lowest BCUT2D eigenvalue weighted by atomic mass is 10.0. The molecule has 0 unspecified atom stereocenters. The van der Waals surface area contributed by atoms with Crippen LogP contribution in [0.2, 0.25) is 0 Å². The molecule has 0 saturated carbocycles. The van der Waals surface area contributed by atoms with Gasteiger partial charge in [-0.05, 0) is 53.4 Å². The molecule has 3 rings (SSSR count). The summed E-state index contributed by atoms with van der Waals surface area (Å²) in [6, 6.07) is 7.99. The molecule has 3 aromatic heterocycles. The summed E-state index contributed by atoms with van der Waals surface area (Å²) >= 11 is 1.73. The molecule has 3 heterocycles. The van der Waals surface area contributed by atoms with Gasteiger partial charge in [-0.3, -0.25) is 9.97 Å². The molecule has 0 aliphatic rings. The molecule has 2 N–H and O–H groups in total. The first-order chi connectivity index (χ1) is 10.3. The Hall–Kier alpha value is -1.21. The minimum Gasteiger partial charge on any atom is -0.316 e. The zero-order valence-corrected chi connectivity index (χ0v) is 16.1. The van der Waals surface area contributed by atoms with Gasteiger partial charge in [-0.1, -0.05) is 0 Å². The molecule has 0 atom stereocenters. The van der Waals surface area contributed by atoms with Gasteiger partial charge in [-0.15, -0.1) is 48.6 Å². The lowest BCUT2D eigenvalue weighted by Crippen LogP contribution is -2.07. The molecule has 8 heteroatoms. The molecule has 0 spiro atoms. The van der Waals surface area contributed by atoms with Gasteiger partial charge in [0.05, 0.1) is 0 Å². The molecule has 4 nitrogen and oxygen atoms in total. The van der Waals surface area contributed by atoms with E-state index in [2.05, 4.69) is 22.4 Å². The highest BCUT2D eigenvalue weighted by molar-refractivity contribution is 7.19. The van der Waals surface area contributed by atoms with Crippen LogP contribution < -0.4 is 5.48 Å². The number of halogens is 3. The normalized spacial score (nSPS) is 9.42. The first-order valence-corrected chi connectivity index (χ1v) is 7.43. The van der Waals surface area contributed by atoms with Gasteiger partial charge in [0.25, 0.3) is 0 Å². The Kier molecular flexibility index (Phi) is 10.1. The topological polar surface area (TPSA) is 58.0 Å². The summed E-state index contributed by atoms with van der Waals surface area (Å²) in [5, 5.41) is 9.13. The highest BCUT2D eigenvalue weighted by Gasteiger charge is 2.17. The fourth-order valence-electron chi connectivity index (χ4n) is 2.35. The molecular formula is C16H18Cl3N3OS. The van der Waals surface area contributed by atoms with Gasteiger partial charge in [-0.25, -0.2) is 5.48 Å². The predicted octanol–water partition coefficient (Wildman–Crippen LogP) is 4.92. The van der Waals surface area contributed by atoms with Crippen LogP contribution in [-0.4, -0.2) is 15.2 Å². The number of hydrogen-bond donors (Lipinski definition) is 2. The molecule has 0 aliphatic carbocycles. The Morgan fingerprint density at radius 1 is 0.875 bits per heavy atom. The van der Waals surface area contributed by atoms with Gasteiger partial charge in [0.15, 0.2) is 0 Å². The maximum Gasteiger partial charge on any atom is 0.0475 e. The van der Waals surface area contributed by atoms with E-state index in [1.54, 1.807) is 36.1 Å². The quantitative estimate of drug-likeness (QED) is 0.603. The fraction of sp³-hybridized carbons (Fsp3) is 0.125. The number of nitrogens with zero attached hydrogens (tertiary/aromatic N) is 2. The summed E-state index contributed by atoms with van der Waals surface area (Å²) in [6.45, 7) is 2.51. The van der Waals surface area contributed by atoms with E-state index in [1.807, 2.05) is 24.3 Å². The van der Waals surface area contributed by atoms with Crippen LogP contribution in [0.4, 0.5) is 0 Å². The second kappa shape index (κ2) is 10.6. The SMILES string of the molecule is Cc1c(-c2ccncc2)sc(-c2ccncc2)c1CNO.Cl.Cl.Cl. The Balaban J connectivity index is 0.00000176. The molecule has 0 saturated heterocycles. The molecule has 3 aromatic rings. The highest BCUT2D eigenvalue weighted by Crippen LogP contribution is 2.41. The number of thiophene rings is 1. The number of nitrogens with one attached hydrogen (secondary N) is 1. The van der Waals surface area contributed by atoms with Crippen molar-refractivity contribution in [2.45, 2.75) is 13.5 Å². The molecule has 24 heavy (non-hydrogen) atoms. The van der Waals surface area contributed by atoms with E-state index in [1.165, 1.54) is 10.4 Å². The Bertz CT molecular complexity index is 739. The summed E-state index contributed by atoms with van der Waals surface area (Å²) in [4.78, 5) is 10.5.